The Labute approximate surface area is 169 Å². The molecule has 6 nitrogen and oxygen atoms in total. The lowest BCUT2D eigenvalue weighted by Gasteiger charge is -2.17. The maximum absolute atomic E-state index is 12.5. The summed E-state index contributed by atoms with van der Waals surface area (Å²) in [4.78, 5) is 40.3. The number of aromatic nitrogens is 1. The molecule has 3 rings (SSSR count). The molecule has 0 saturated heterocycles. The smallest absolute Gasteiger partial charge is 0.261 e. The predicted molar refractivity (Wildman–Crippen MR) is 95.7 cm³/mol. The van der Waals surface area contributed by atoms with Crippen LogP contribution in [0.4, 0.5) is 0 Å². The van der Waals surface area contributed by atoms with Crippen LogP contribution in [0.5, 0.6) is 0 Å². The van der Waals surface area contributed by atoms with Crippen LogP contribution in [-0.2, 0) is 6.54 Å². The Kier molecular flexibility index (Phi) is 6.85. The molecule has 0 fully saturated rings. The molecule has 0 saturated carbocycles. The Morgan fingerprint density at radius 1 is 1.00 bits per heavy atom. The molecule has 0 radical (unpaired) electrons. The minimum Gasteiger partial charge on any atom is -1.00 e. The topological polar surface area (TPSA) is 61.6 Å². The highest BCUT2D eigenvalue weighted by atomic mass is 79.9. The van der Waals surface area contributed by atoms with Crippen molar-refractivity contribution in [3.05, 3.63) is 65.5 Å². The average Bonchev–Trinajstić information content (AvgIpc) is 2.92. The third-order valence-electron chi connectivity index (χ3n) is 4.62. The van der Waals surface area contributed by atoms with E-state index in [9.17, 15) is 14.4 Å². The fourth-order valence-corrected chi connectivity index (χ4v) is 3.14. The van der Waals surface area contributed by atoms with Crippen molar-refractivity contribution in [1.29, 1.82) is 0 Å². The molecule has 27 heavy (non-hydrogen) atoms. The van der Waals surface area contributed by atoms with Gasteiger partial charge in [0.2, 0.25) is 0 Å². The Morgan fingerprint density at radius 3 is 2.15 bits per heavy atom. The third-order valence-corrected chi connectivity index (χ3v) is 4.62. The number of fused-ring (bicyclic) bond motifs is 1. The third kappa shape index (κ3) is 4.08. The van der Waals surface area contributed by atoms with Gasteiger partial charge in [0.15, 0.2) is 18.9 Å². The summed E-state index contributed by atoms with van der Waals surface area (Å²) < 4.78 is 1.83. The van der Waals surface area contributed by atoms with Crippen molar-refractivity contribution in [2.45, 2.75) is 20.4 Å². The van der Waals surface area contributed by atoms with E-state index in [1.54, 1.807) is 47.5 Å². The van der Waals surface area contributed by atoms with Crippen LogP contribution < -0.4 is 21.5 Å². The van der Waals surface area contributed by atoms with Crippen molar-refractivity contribution in [2.24, 2.45) is 0 Å². The van der Waals surface area contributed by atoms with Crippen molar-refractivity contribution in [3.63, 3.8) is 0 Å². The van der Waals surface area contributed by atoms with Crippen LogP contribution in [0.15, 0.2) is 48.8 Å². The molecule has 142 valence electrons. The summed E-state index contributed by atoms with van der Waals surface area (Å²) in [6.07, 6.45) is 3.59. The number of hydrogen-bond donors (Lipinski definition) is 0. The van der Waals surface area contributed by atoms with Gasteiger partial charge in [-0.1, -0.05) is 12.1 Å². The first-order valence-electron chi connectivity index (χ1n) is 8.80. The summed E-state index contributed by atoms with van der Waals surface area (Å²) in [6, 6.07) is 10.4. The van der Waals surface area contributed by atoms with Crippen molar-refractivity contribution in [3.8, 4) is 0 Å². The summed E-state index contributed by atoms with van der Waals surface area (Å²) in [5, 5.41) is 0. The highest BCUT2D eigenvalue weighted by molar-refractivity contribution is 6.21. The Balaban J connectivity index is 0.00000261. The van der Waals surface area contributed by atoms with Gasteiger partial charge in [-0.3, -0.25) is 19.3 Å². The van der Waals surface area contributed by atoms with Crippen molar-refractivity contribution in [1.82, 2.24) is 9.80 Å². The van der Waals surface area contributed by atoms with Crippen LogP contribution in [0.1, 0.15) is 44.9 Å². The largest absolute Gasteiger partial charge is 1.00 e. The van der Waals surface area contributed by atoms with E-state index in [-0.39, 0.29) is 41.2 Å². The number of nitrogens with zero attached hydrogens (tertiary/aromatic N) is 3. The van der Waals surface area contributed by atoms with Gasteiger partial charge in [-0.2, -0.15) is 0 Å². The Hall–Kier alpha value is -2.54. The first-order valence-corrected chi connectivity index (χ1v) is 8.80. The first-order chi connectivity index (χ1) is 12.6. The highest BCUT2D eigenvalue weighted by Crippen LogP contribution is 2.21. The number of carbonyl (C=O) groups is 3. The number of hydrogen-bond acceptors (Lipinski definition) is 3. The lowest BCUT2D eigenvalue weighted by atomic mass is 10.1. The van der Waals surface area contributed by atoms with Crippen LogP contribution in [0.2, 0.25) is 0 Å². The standard InChI is InChI=1S/C20H22N3O3.BrH/c1-3-22(4-2)18(24)15-8-7-11-21(14-15)12-13-23-19(25)16-9-5-6-10-17(16)20(23)26;/h5-11,14H,3-4,12-13H2,1-2H3;1H/q+1;/p-1. The molecule has 2 heterocycles. The summed E-state index contributed by atoms with van der Waals surface area (Å²) in [5.74, 6) is -0.548. The van der Waals surface area contributed by atoms with E-state index in [1.165, 1.54) is 4.90 Å². The highest BCUT2D eigenvalue weighted by Gasteiger charge is 2.35. The number of rotatable bonds is 6. The number of amides is 3. The molecular formula is C20H22BrN3O3. The van der Waals surface area contributed by atoms with Gasteiger partial charge in [-0.05, 0) is 32.0 Å². The molecule has 0 unspecified atom stereocenters. The van der Waals surface area contributed by atoms with Gasteiger partial charge in [-0.25, -0.2) is 4.57 Å². The van der Waals surface area contributed by atoms with Crippen molar-refractivity contribution < 1.29 is 35.9 Å². The first kappa shape index (κ1) is 20.8. The molecule has 1 aliphatic heterocycles. The molecule has 1 aliphatic rings. The lowest BCUT2D eigenvalue weighted by molar-refractivity contribution is -0.696. The van der Waals surface area contributed by atoms with E-state index in [0.717, 1.165) is 0 Å². The molecule has 0 bridgehead atoms. The van der Waals surface area contributed by atoms with Crippen LogP contribution in [0.3, 0.4) is 0 Å². The lowest BCUT2D eigenvalue weighted by Crippen LogP contribution is -3.00. The van der Waals surface area contributed by atoms with E-state index >= 15 is 0 Å². The zero-order valence-electron chi connectivity index (χ0n) is 15.4. The zero-order chi connectivity index (χ0) is 18.7. The van der Waals surface area contributed by atoms with Crippen LogP contribution in [0, 0.1) is 0 Å². The van der Waals surface area contributed by atoms with E-state index in [0.29, 0.717) is 36.3 Å². The van der Waals surface area contributed by atoms with Crippen LogP contribution in [0.25, 0.3) is 0 Å². The average molecular weight is 432 g/mol. The predicted octanol–water partition coefficient (Wildman–Crippen LogP) is -1.24. The summed E-state index contributed by atoms with van der Waals surface area (Å²) >= 11 is 0. The molecule has 0 aliphatic carbocycles. The zero-order valence-corrected chi connectivity index (χ0v) is 17.0. The monoisotopic (exact) mass is 431 g/mol. The fourth-order valence-electron chi connectivity index (χ4n) is 3.14. The van der Waals surface area contributed by atoms with Gasteiger partial charge < -0.3 is 21.9 Å². The second-order valence-corrected chi connectivity index (χ2v) is 6.12. The summed E-state index contributed by atoms with van der Waals surface area (Å²) in [6.45, 7) is 5.89. The SMILES string of the molecule is CCN(CC)C(=O)c1ccc[n+](CCN2C(=O)c3ccccc3C2=O)c1.[Br-]. The second-order valence-electron chi connectivity index (χ2n) is 6.12. The van der Waals surface area contributed by atoms with Gasteiger partial charge in [0.25, 0.3) is 17.7 Å². The quantitative estimate of drug-likeness (QED) is 0.424. The molecule has 1 aromatic carbocycles. The molecule has 1 aromatic heterocycles. The van der Waals surface area contributed by atoms with Gasteiger partial charge in [0.05, 0.1) is 17.7 Å². The van der Waals surface area contributed by atoms with Gasteiger partial charge in [0.1, 0.15) is 5.56 Å². The van der Waals surface area contributed by atoms with Crippen molar-refractivity contribution >= 4 is 17.7 Å². The van der Waals surface area contributed by atoms with Gasteiger partial charge in [0, 0.05) is 19.2 Å². The van der Waals surface area contributed by atoms with E-state index < -0.39 is 0 Å². The number of halogens is 1. The van der Waals surface area contributed by atoms with Crippen LogP contribution in [-0.4, -0.2) is 47.2 Å². The summed E-state index contributed by atoms with van der Waals surface area (Å²) in [7, 11) is 0. The molecule has 0 atom stereocenters. The van der Waals surface area contributed by atoms with E-state index in [1.807, 2.05) is 24.6 Å². The Bertz CT molecular complexity index is 830. The van der Waals surface area contributed by atoms with Crippen molar-refractivity contribution in [2.75, 3.05) is 19.6 Å². The molecule has 2 aromatic rings. The second kappa shape index (κ2) is 8.90. The summed E-state index contributed by atoms with van der Waals surface area (Å²) in [5.41, 5.74) is 1.50. The van der Waals surface area contributed by atoms with E-state index in [4.69, 9.17) is 0 Å². The van der Waals surface area contributed by atoms with E-state index in [2.05, 4.69) is 0 Å². The maximum Gasteiger partial charge on any atom is 0.261 e. The molecule has 0 N–H and O–H groups in total. The fraction of sp³-hybridized carbons (Fsp3) is 0.300. The van der Waals surface area contributed by atoms with Gasteiger partial charge >= 0.3 is 0 Å². The molecule has 3 amide bonds. The number of pyridine rings is 1. The van der Waals surface area contributed by atoms with Gasteiger partial charge in [-0.15, -0.1) is 0 Å². The normalized spacial score (nSPS) is 12.6. The molecule has 7 heteroatoms. The molecule has 0 spiro atoms. The minimum atomic E-state index is -0.262. The maximum atomic E-state index is 12.5. The van der Waals surface area contributed by atoms with Crippen LogP contribution >= 0.6 is 0 Å². The number of imide groups is 1. The number of carbonyl (C=O) groups excluding carboxylic acids is 3. The Morgan fingerprint density at radius 2 is 1.59 bits per heavy atom. The minimum absolute atomic E-state index is 0. The number of benzene rings is 1. The molecular weight excluding hydrogens is 410 g/mol.